The fraction of sp³-hybridized carbons (Fsp3) is 0.294. The van der Waals surface area contributed by atoms with Gasteiger partial charge in [-0.25, -0.2) is 9.98 Å². The first kappa shape index (κ1) is 15.8. The van der Waals surface area contributed by atoms with E-state index in [2.05, 4.69) is 40.3 Å². The van der Waals surface area contributed by atoms with Crippen LogP contribution >= 0.6 is 0 Å². The SMILES string of the molecule is C=NC(=NC1=C(NC)C(C)C=CC=C1)c1cc[nH]c1NCC. The van der Waals surface area contributed by atoms with Crippen LogP contribution in [-0.2, 0) is 0 Å². The summed E-state index contributed by atoms with van der Waals surface area (Å²) in [5.74, 6) is 1.77. The van der Waals surface area contributed by atoms with Gasteiger partial charge in [-0.15, -0.1) is 0 Å². The molecule has 0 saturated heterocycles. The number of H-pyrrole nitrogens is 1. The monoisotopic (exact) mass is 297 g/mol. The minimum atomic E-state index is 0.268. The van der Waals surface area contributed by atoms with E-state index in [4.69, 9.17) is 4.99 Å². The minimum Gasteiger partial charge on any atom is -0.389 e. The van der Waals surface area contributed by atoms with Gasteiger partial charge in [0, 0.05) is 31.4 Å². The first-order valence-corrected chi connectivity index (χ1v) is 7.45. The zero-order chi connectivity index (χ0) is 15.9. The third-order valence-corrected chi connectivity index (χ3v) is 3.48. The van der Waals surface area contributed by atoms with Gasteiger partial charge in [-0.05, 0) is 25.8 Å². The molecule has 5 heteroatoms. The predicted octanol–water partition coefficient (Wildman–Crippen LogP) is 3.09. The maximum absolute atomic E-state index is 4.72. The molecule has 0 saturated carbocycles. The smallest absolute Gasteiger partial charge is 0.162 e. The fourth-order valence-corrected chi connectivity index (χ4v) is 2.42. The van der Waals surface area contributed by atoms with Crippen molar-refractivity contribution < 1.29 is 0 Å². The van der Waals surface area contributed by atoms with Crippen LogP contribution in [0.15, 0.2) is 57.9 Å². The Kier molecular flexibility index (Phi) is 5.36. The summed E-state index contributed by atoms with van der Waals surface area (Å²) in [5.41, 5.74) is 2.84. The molecule has 1 atom stereocenters. The number of aromatic nitrogens is 1. The van der Waals surface area contributed by atoms with Gasteiger partial charge < -0.3 is 15.6 Å². The molecule has 2 rings (SSSR count). The molecule has 0 amide bonds. The highest BCUT2D eigenvalue weighted by molar-refractivity contribution is 6.05. The van der Waals surface area contributed by atoms with Crippen molar-refractivity contribution in [3.05, 3.63) is 53.5 Å². The van der Waals surface area contributed by atoms with E-state index in [-0.39, 0.29) is 5.92 Å². The molecule has 116 valence electrons. The summed E-state index contributed by atoms with van der Waals surface area (Å²) in [6.07, 6.45) is 10.0. The highest BCUT2D eigenvalue weighted by Gasteiger charge is 2.14. The van der Waals surface area contributed by atoms with E-state index < -0.39 is 0 Å². The lowest BCUT2D eigenvalue weighted by molar-refractivity contribution is 0.754. The number of nitrogens with zero attached hydrogens (tertiary/aromatic N) is 2. The van der Waals surface area contributed by atoms with Gasteiger partial charge >= 0.3 is 0 Å². The van der Waals surface area contributed by atoms with E-state index in [9.17, 15) is 0 Å². The molecule has 1 aromatic heterocycles. The molecular formula is C17H23N5. The predicted molar refractivity (Wildman–Crippen MR) is 94.6 cm³/mol. The Labute approximate surface area is 131 Å². The van der Waals surface area contributed by atoms with Crippen LogP contribution in [0.2, 0.25) is 0 Å². The van der Waals surface area contributed by atoms with Crippen molar-refractivity contribution in [3.63, 3.8) is 0 Å². The maximum atomic E-state index is 4.72. The van der Waals surface area contributed by atoms with Crippen LogP contribution in [0.5, 0.6) is 0 Å². The van der Waals surface area contributed by atoms with E-state index in [1.165, 1.54) is 0 Å². The molecule has 0 aliphatic heterocycles. The lowest BCUT2D eigenvalue weighted by atomic mass is 10.1. The van der Waals surface area contributed by atoms with Gasteiger partial charge in [0.15, 0.2) is 5.84 Å². The molecule has 0 spiro atoms. The number of aliphatic imine (C=N–C) groups is 2. The van der Waals surface area contributed by atoms with Crippen LogP contribution in [0.25, 0.3) is 0 Å². The largest absolute Gasteiger partial charge is 0.389 e. The summed E-state index contributed by atoms with van der Waals surface area (Å²) in [6.45, 7) is 8.67. The van der Waals surface area contributed by atoms with Gasteiger partial charge in [0.1, 0.15) is 5.82 Å². The maximum Gasteiger partial charge on any atom is 0.162 e. The van der Waals surface area contributed by atoms with Crippen molar-refractivity contribution in [3.8, 4) is 0 Å². The number of amidine groups is 1. The molecule has 1 heterocycles. The van der Waals surface area contributed by atoms with Crippen molar-refractivity contribution in [2.24, 2.45) is 15.9 Å². The van der Waals surface area contributed by atoms with E-state index in [0.717, 1.165) is 29.3 Å². The summed E-state index contributed by atoms with van der Waals surface area (Å²) in [6, 6.07) is 1.95. The average molecular weight is 297 g/mol. The van der Waals surface area contributed by atoms with Crippen molar-refractivity contribution in [1.82, 2.24) is 10.3 Å². The van der Waals surface area contributed by atoms with Gasteiger partial charge in [-0.3, -0.25) is 0 Å². The average Bonchev–Trinajstić information content (AvgIpc) is 2.89. The Balaban J connectivity index is 2.47. The third-order valence-electron chi connectivity index (χ3n) is 3.48. The zero-order valence-electron chi connectivity index (χ0n) is 13.4. The second kappa shape index (κ2) is 7.45. The molecule has 1 unspecified atom stereocenters. The van der Waals surface area contributed by atoms with Crippen LogP contribution < -0.4 is 10.6 Å². The Morgan fingerprint density at radius 1 is 1.41 bits per heavy atom. The van der Waals surface area contributed by atoms with Gasteiger partial charge in [0.2, 0.25) is 0 Å². The molecule has 5 nitrogen and oxygen atoms in total. The molecule has 1 aliphatic carbocycles. The second-order valence-corrected chi connectivity index (χ2v) is 4.97. The van der Waals surface area contributed by atoms with Crippen molar-refractivity contribution >= 4 is 18.4 Å². The Hall–Kier alpha value is -2.56. The molecule has 0 aromatic carbocycles. The lowest BCUT2D eigenvalue weighted by Crippen LogP contribution is -2.15. The van der Waals surface area contributed by atoms with E-state index in [1.807, 2.05) is 44.5 Å². The summed E-state index contributed by atoms with van der Waals surface area (Å²) in [7, 11) is 1.91. The van der Waals surface area contributed by atoms with E-state index in [0.29, 0.717) is 5.84 Å². The quantitative estimate of drug-likeness (QED) is 0.577. The molecular weight excluding hydrogens is 274 g/mol. The number of aromatic amines is 1. The summed E-state index contributed by atoms with van der Waals surface area (Å²) >= 11 is 0. The number of hydrogen-bond donors (Lipinski definition) is 3. The lowest BCUT2D eigenvalue weighted by Gasteiger charge is -2.13. The molecule has 3 N–H and O–H groups in total. The van der Waals surface area contributed by atoms with Crippen LogP contribution in [0.1, 0.15) is 19.4 Å². The number of allylic oxidation sites excluding steroid dienone is 4. The molecule has 22 heavy (non-hydrogen) atoms. The molecule has 0 fully saturated rings. The zero-order valence-corrected chi connectivity index (χ0v) is 13.4. The number of anilines is 1. The number of rotatable bonds is 5. The fourth-order valence-electron chi connectivity index (χ4n) is 2.42. The third kappa shape index (κ3) is 3.36. The van der Waals surface area contributed by atoms with E-state index >= 15 is 0 Å². The highest BCUT2D eigenvalue weighted by Crippen LogP contribution is 2.22. The van der Waals surface area contributed by atoms with Gasteiger partial charge in [-0.2, -0.15) is 0 Å². The first-order valence-electron chi connectivity index (χ1n) is 7.45. The summed E-state index contributed by atoms with van der Waals surface area (Å²) < 4.78 is 0. The van der Waals surface area contributed by atoms with Crippen LogP contribution in [0, 0.1) is 5.92 Å². The molecule has 0 radical (unpaired) electrons. The van der Waals surface area contributed by atoms with Crippen molar-refractivity contribution in [2.45, 2.75) is 13.8 Å². The van der Waals surface area contributed by atoms with Gasteiger partial charge in [-0.1, -0.05) is 25.2 Å². The van der Waals surface area contributed by atoms with Crippen LogP contribution in [0.3, 0.4) is 0 Å². The van der Waals surface area contributed by atoms with Gasteiger partial charge in [0.05, 0.1) is 11.3 Å². The van der Waals surface area contributed by atoms with Crippen LogP contribution in [-0.4, -0.2) is 31.1 Å². The Bertz CT molecular complexity index is 646. The second-order valence-electron chi connectivity index (χ2n) is 4.97. The Morgan fingerprint density at radius 2 is 2.23 bits per heavy atom. The normalized spacial score (nSPS) is 18.3. The minimum absolute atomic E-state index is 0.268. The summed E-state index contributed by atoms with van der Waals surface area (Å²) in [5, 5.41) is 6.51. The van der Waals surface area contributed by atoms with Gasteiger partial charge in [0.25, 0.3) is 0 Å². The molecule has 1 aliphatic rings. The Morgan fingerprint density at radius 3 is 2.91 bits per heavy atom. The standard InChI is InChI=1S/C17H23N5/c1-5-20-17-13(10-11-21-17)16(19-4)22-14-9-7-6-8-12(2)15(14)18-3/h6-12,18,20-21H,4-5H2,1-3H3. The van der Waals surface area contributed by atoms with Crippen molar-refractivity contribution in [1.29, 1.82) is 0 Å². The topological polar surface area (TPSA) is 64.6 Å². The first-order chi connectivity index (χ1) is 10.7. The van der Waals surface area contributed by atoms with Crippen LogP contribution in [0.4, 0.5) is 5.82 Å². The molecule has 1 aromatic rings. The van der Waals surface area contributed by atoms with E-state index in [1.54, 1.807) is 0 Å². The highest BCUT2D eigenvalue weighted by atomic mass is 15.0. The number of nitrogens with one attached hydrogen (secondary N) is 3. The summed E-state index contributed by atoms with van der Waals surface area (Å²) in [4.78, 5) is 12.0. The molecule has 0 bridgehead atoms. The van der Waals surface area contributed by atoms with Crippen molar-refractivity contribution in [2.75, 3.05) is 18.9 Å². The number of hydrogen-bond acceptors (Lipinski definition) is 3.